The minimum Gasteiger partial charge on any atom is -0.385 e. The molecule has 25 heavy (non-hydrogen) atoms. The van der Waals surface area contributed by atoms with Gasteiger partial charge in [0.25, 0.3) is 0 Å². The maximum absolute atomic E-state index is 13.8. The summed E-state index contributed by atoms with van der Waals surface area (Å²) >= 11 is 0. The number of rotatable bonds is 11. The van der Waals surface area contributed by atoms with Crippen LogP contribution in [0.3, 0.4) is 0 Å². The number of pyridine rings is 1. The Morgan fingerprint density at radius 1 is 1.48 bits per heavy atom. The first-order valence-corrected chi connectivity index (χ1v) is 9.27. The molecule has 0 bridgehead atoms. The average Bonchev–Trinajstić information content (AvgIpc) is 3.38. The van der Waals surface area contributed by atoms with Gasteiger partial charge in [-0.1, -0.05) is 18.2 Å². The van der Waals surface area contributed by atoms with Crippen LogP contribution in [-0.4, -0.2) is 30.8 Å². The smallest absolute Gasteiger partial charge is 0.141 e. The number of ether oxygens (including phenoxy) is 1. The zero-order valence-electron chi connectivity index (χ0n) is 15.8. The summed E-state index contributed by atoms with van der Waals surface area (Å²) in [5, 5.41) is 3.61. The molecule has 1 aliphatic carbocycles. The second-order valence-electron chi connectivity index (χ2n) is 6.94. The number of hydrogen-bond donors (Lipinski definition) is 1. The molecule has 1 aromatic rings. The van der Waals surface area contributed by atoms with Crippen molar-refractivity contribution in [1.82, 2.24) is 10.3 Å². The molecule has 1 unspecified atom stereocenters. The normalized spacial score (nSPS) is 16.1. The third-order valence-electron chi connectivity index (χ3n) is 4.62. The Hall–Kier alpha value is -1.52. The molecule has 0 aliphatic heterocycles. The van der Waals surface area contributed by atoms with Crippen molar-refractivity contribution < 1.29 is 9.13 Å². The Labute approximate surface area is 151 Å². The van der Waals surface area contributed by atoms with E-state index in [1.165, 1.54) is 19.0 Å². The maximum atomic E-state index is 13.8. The SMILES string of the molecule is C=C(CCCCOC)Cc1cc(F)cnc1/C(=C\C)C(C)NC1CC1. The third-order valence-corrected chi connectivity index (χ3v) is 4.62. The highest BCUT2D eigenvalue weighted by molar-refractivity contribution is 5.69. The summed E-state index contributed by atoms with van der Waals surface area (Å²) < 4.78 is 18.9. The van der Waals surface area contributed by atoms with Crippen LogP contribution in [0.5, 0.6) is 0 Å². The summed E-state index contributed by atoms with van der Waals surface area (Å²) in [5.41, 5.74) is 4.06. The monoisotopic (exact) mass is 346 g/mol. The van der Waals surface area contributed by atoms with E-state index in [1.54, 1.807) is 13.2 Å². The molecular weight excluding hydrogens is 315 g/mol. The van der Waals surface area contributed by atoms with Gasteiger partial charge in [0.15, 0.2) is 0 Å². The van der Waals surface area contributed by atoms with E-state index in [0.717, 1.165) is 48.3 Å². The van der Waals surface area contributed by atoms with Gasteiger partial charge in [-0.25, -0.2) is 4.39 Å². The van der Waals surface area contributed by atoms with Gasteiger partial charge >= 0.3 is 0 Å². The lowest BCUT2D eigenvalue weighted by molar-refractivity contribution is 0.193. The molecule has 0 aromatic carbocycles. The molecule has 0 spiro atoms. The fraction of sp³-hybridized carbons (Fsp3) is 0.571. The number of allylic oxidation sites excluding steroid dienone is 2. The number of methoxy groups -OCH3 is 1. The van der Waals surface area contributed by atoms with E-state index in [1.807, 2.05) is 6.92 Å². The van der Waals surface area contributed by atoms with Crippen LogP contribution in [0.4, 0.5) is 4.39 Å². The van der Waals surface area contributed by atoms with Crippen LogP contribution in [0.2, 0.25) is 0 Å². The van der Waals surface area contributed by atoms with E-state index >= 15 is 0 Å². The van der Waals surface area contributed by atoms with Crippen molar-refractivity contribution in [3.8, 4) is 0 Å². The minimum absolute atomic E-state index is 0.212. The number of hydrogen-bond acceptors (Lipinski definition) is 3. The lowest BCUT2D eigenvalue weighted by Crippen LogP contribution is -2.29. The van der Waals surface area contributed by atoms with Gasteiger partial charge in [-0.3, -0.25) is 4.98 Å². The Morgan fingerprint density at radius 2 is 2.24 bits per heavy atom. The van der Waals surface area contributed by atoms with Crippen molar-refractivity contribution >= 4 is 5.57 Å². The molecule has 1 atom stereocenters. The van der Waals surface area contributed by atoms with Crippen molar-refractivity contribution in [3.05, 3.63) is 47.6 Å². The Kier molecular flexibility index (Phi) is 7.79. The zero-order valence-corrected chi connectivity index (χ0v) is 15.8. The lowest BCUT2D eigenvalue weighted by Gasteiger charge is -2.20. The number of halogens is 1. The van der Waals surface area contributed by atoms with Crippen LogP contribution in [0.15, 0.2) is 30.5 Å². The van der Waals surface area contributed by atoms with Crippen LogP contribution in [0.25, 0.3) is 5.57 Å². The van der Waals surface area contributed by atoms with Crippen LogP contribution in [0, 0.1) is 5.82 Å². The van der Waals surface area contributed by atoms with Gasteiger partial charge < -0.3 is 10.1 Å². The van der Waals surface area contributed by atoms with Crippen molar-refractivity contribution in [2.24, 2.45) is 0 Å². The second-order valence-corrected chi connectivity index (χ2v) is 6.94. The molecule has 0 amide bonds. The summed E-state index contributed by atoms with van der Waals surface area (Å²) in [6.07, 6.45) is 9.54. The first-order valence-electron chi connectivity index (χ1n) is 9.27. The van der Waals surface area contributed by atoms with Crippen LogP contribution in [0.1, 0.15) is 57.2 Å². The summed E-state index contributed by atoms with van der Waals surface area (Å²) in [5.74, 6) is -0.288. The Morgan fingerprint density at radius 3 is 2.88 bits per heavy atom. The molecule has 3 nitrogen and oxygen atoms in total. The van der Waals surface area contributed by atoms with Gasteiger partial charge in [0.2, 0.25) is 0 Å². The number of aromatic nitrogens is 1. The molecule has 1 saturated carbocycles. The molecule has 0 saturated heterocycles. The molecule has 1 aliphatic rings. The van der Waals surface area contributed by atoms with Gasteiger partial charge in [0.1, 0.15) is 5.82 Å². The van der Waals surface area contributed by atoms with Crippen molar-refractivity contribution in [2.75, 3.05) is 13.7 Å². The summed E-state index contributed by atoms with van der Waals surface area (Å²) in [6, 6.07) is 2.43. The van der Waals surface area contributed by atoms with Crippen molar-refractivity contribution in [2.45, 2.75) is 64.5 Å². The van der Waals surface area contributed by atoms with E-state index in [9.17, 15) is 4.39 Å². The van der Waals surface area contributed by atoms with Gasteiger partial charge in [-0.05, 0) is 69.6 Å². The third kappa shape index (κ3) is 6.37. The largest absolute Gasteiger partial charge is 0.385 e. The molecule has 1 aromatic heterocycles. The van der Waals surface area contributed by atoms with Gasteiger partial charge in [0, 0.05) is 25.8 Å². The van der Waals surface area contributed by atoms with E-state index in [-0.39, 0.29) is 11.9 Å². The Bertz CT molecular complexity index is 608. The molecule has 4 heteroatoms. The quantitative estimate of drug-likeness (QED) is 0.467. The molecule has 1 heterocycles. The predicted octanol–water partition coefficient (Wildman–Crippen LogP) is 4.68. The zero-order chi connectivity index (χ0) is 18.2. The van der Waals surface area contributed by atoms with Gasteiger partial charge in [0.05, 0.1) is 11.9 Å². The molecule has 2 rings (SSSR count). The average molecular weight is 346 g/mol. The first kappa shape index (κ1) is 19.8. The lowest BCUT2D eigenvalue weighted by atomic mass is 9.94. The van der Waals surface area contributed by atoms with Crippen LogP contribution in [-0.2, 0) is 11.2 Å². The molecule has 1 N–H and O–H groups in total. The van der Waals surface area contributed by atoms with Gasteiger partial charge in [-0.15, -0.1) is 0 Å². The van der Waals surface area contributed by atoms with Gasteiger partial charge in [-0.2, -0.15) is 0 Å². The minimum atomic E-state index is -0.288. The maximum Gasteiger partial charge on any atom is 0.141 e. The highest BCUT2D eigenvalue weighted by Gasteiger charge is 2.25. The predicted molar refractivity (Wildman–Crippen MR) is 102 cm³/mol. The number of nitrogens with zero attached hydrogens (tertiary/aromatic N) is 1. The molecular formula is C21H31FN2O. The Balaban J connectivity index is 2.08. The highest BCUT2D eigenvalue weighted by atomic mass is 19.1. The first-order chi connectivity index (χ1) is 12.0. The molecule has 1 fully saturated rings. The topological polar surface area (TPSA) is 34.1 Å². The van der Waals surface area contributed by atoms with Crippen LogP contribution >= 0.6 is 0 Å². The second kappa shape index (κ2) is 9.83. The van der Waals surface area contributed by atoms with Crippen LogP contribution < -0.4 is 5.32 Å². The van der Waals surface area contributed by atoms with E-state index in [2.05, 4.69) is 29.9 Å². The van der Waals surface area contributed by atoms with E-state index in [4.69, 9.17) is 4.74 Å². The summed E-state index contributed by atoms with van der Waals surface area (Å²) in [7, 11) is 1.72. The fourth-order valence-corrected chi connectivity index (χ4v) is 3.14. The van der Waals surface area contributed by atoms with E-state index in [0.29, 0.717) is 12.5 Å². The summed E-state index contributed by atoms with van der Waals surface area (Å²) in [4.78, 5) is 4.42. The standard InChI is InChI=1S/C21H31FN2O/c1-5-20(16(3)24-19-9-10-19)21-17(13-18(22)14-23-21)12-15(2)8-6-7-11-25-4/h5,13-14,16,19,24H,2,6-12H2,1,3-4H3/b20-5-. The number of nitrogens with one attached hydrogen (secondary N) is 1. The van der Waals surface area contributed by atoms with Crippen molar-refractivity contribution in [1.29, 1.82) is 0 Å². The molecule has 138 valence electrons. The highest BCUT2D eigenvalue weighted by Crippen LogP contribution is 2.27. The molecule has 0 radical (unpaired) electrons. The summed E-state index contributed by atoms with van der Waals surface area (Å²) in [6.45, 7) is 9.13. The van der Waals surface area contributed by atoms with Crippen molar-refractivity contribution in [3.63, 3.8) is 0 Å². The van der Waals surface area contributed by atoms with E-state index < -0.39 is 0 Å². The fourth-order valence-electron chi connectivity index (χ4n) is 3.14. The number of unbranched alkanes of at least 4 members (excludes halogenated alkanes) is 1.